The first kappa shape index (κ1) is 15.0. The average molecular weight is 263 g/mol. The fraction of sp³-hybridized carbons (Fsp3) is 0.692. The van der Waals surface area contributed by atoms with Gasteiger partial charge in [0.05, 0.1) is 30.9 Å². The van der Waals surface area contributed by atoms with Gasteiger partial charge in [0.25, 0.3) is 0 Å². The van der Waals surface area contributed by atoms with Crippen molar-refractivity contribution in [2.75, 3.05) is 13.1 Å². The van der Waals surface area contributed by atoms with Gasteiger partial charge in [0.1, 0.15) is 0 Å². The highest BCUT2D eigenvalue weighted by atomic mass is 16.4. The van der Waals surface area contributed by atoms with Crippen LogP contribution in [-0.2, 0) is 9.59 Å². The largest absolute Gasteiger partial charge is 0.481 e. The molecule has 6 heteroatoms. The second-order valence-corrected chi connectivity index (χ2v) is 4.69. The lowest BCUT2D eigenvalue weighted by atomic mass is 10.0. The summed E-state index contributed by atoms with van der Waals surface area (Å²) in [5.41, 5.74) is 0. The molecule has 102 valence electrons. The van der Waals surface area contributed by atoms with Crippen molar-refractivity contribution in [3.63, 3.8) is 0 Å². The lowest BCUT2D eigenvalue weighted by Crippen LogP contribution is -2.37. The van der Waals surface area contributed by atoms with Crippen LogP contribution in [0.2, 0.25) is 0 Å². The van der Waals surface area contributed by atoms with E-state index in [1.807, 2.05) is 12.1 Å². The minimum Gasteiger partial charge on any atom is -0.481 e. The number of aliphatic carboxylic acids is 1. The Bertz CT molecular complexity index is 404. The maximum absolute atomic E-state index is 12.2. The normalized spacial score (nSPS) is 21.4. The van der Waals surface area contributed by atoms with E-state index in [2.05, 4.69) is 0 Å². The molecule has 0 radical (unpaired) electrons. The van der Waals surface area contributed by atoms with Crippen molar-refractivity contribution in [2.45, 2.75) is 32.1 Å². The quantitative estimate of drug-likeness (QED) is 0.773. The minimum atomic E-state index is -0.851. The van der Waals surface area contributed by atoms with Crippen LogP contribution in [0.1, 0.15) is 32.1 Å². The molecule has 0 aromatic heterocycles. The van der Waals surface area contributed by atoms with E-state index in [-0.39, 0.29) is 24.7 Å². The smallest absolute Gasteiger partial charge is 0.306 e. The molecular weight excluding hydrogens is 246 g/mol. The van der Waals surface area contributed by atoms with Gasteiger partial charge in [0.2, 0.25) is 5.91 Å². The van der Waals surface area contributed by atoms with Crippen molar-refractivity contribution >= 4 is 11.9 Å². The molecule has 0 aromatic rings. The van der Waals surface area contributed by atoms with Gasteiger partial charge in [0, 0.05) is 19.0 Å². The van der Waals surface area contributed by atoms with Crippen LogP contribution in [0.5, 0.6) is 0 Å². The Balaban J connectivity index is 2.59. The molecule has 1 saturated carbocycles. The Morgan fingerprint density at radius 3 is 2.05 bits per heavy atom. The van der Waals surface area contributed by atoms with Crippen LogP contribution in [-0.4, -0.2) is 35.0 Å². The van der Waals surface area contributed by atoms with Crippen LogP contribution >= 0.6 is 0 Å². The lowest BCUT2D eigenvalue weighted by Gasteiger charge is -2.23. The average Bonchev–Trinajstić information content (AvgIpc) is 2.88. The first-order chi connectivity index (χ1) is 9.10. The summed E-state index contributed by atoms with van der Waals surface area (Å²) in [6.07, 6.45) is 1.92. The number of carboxylic acid groups (broad SMARTS) is 1. The van der Waals surface area contributed by atoms with Gasteiger partial charge in [-0.2, -0.15) is 10.5 Å². The number of hydrogen-bond acceptors (Lipinski definition) is 4. The van der Waals surface area contributed by atoms with Crippen molar-refractivity contribution in [1.29, 1.82) is 10.5 Å². The standard InChI is InChI=1S/C13H17N3O3/c14-5-1-7-16(8-2-6-15)12(17)10-3-4-11(9-10)13(18)19/h10-11H,1-4,7-9H2,(H,18,19). The molecule has 1 aliphatic carbocycles. The molecule has 19 heavy (non-hydrogen) atoms. The van der Waals surface area contributed by atoms with E-state index in [0.29, 0.717) is 32.4 Å². The Kier molecular flexibility index (Phi) is 5.81. The number of nitrogens with zero attached hydrogens (tertiary/aromatic N) is 3. The third-order valence-electron chi connectivity index (χ3n) is 3.43. The van der Waals surface area contributed by atoms with Crippen molar-refractivity contribution in [3.05, 3.63) is 0 Å². The van der Waals surface area contributed by atoms with Gasteiger partial charge < -0.3 is 10.0 Å². The Morgan fingerprint density at radius 2 is 1.63 bits per heavy atom. The molecule has 1 amide bonds. The molecule has 2 atom stereocenters. The van der Waals surface area contributed by atoms with Gasteiger partial charge in [-0.3, -0.25) is 9.59 Å². The lowest BCUT2D eigenvalue weighted by molar-refractivity contribution is -0.141. The van der Waals surface area contributed by atoms with Crippen molar-refractivity contribution in [3.8, 4) is 12.1 Å². The minimum absolute atomic E-state index is 0.116. The maximum atomic E-state index is 12.2. The number of carbonyl (C=O) groups excluding carboxylic acids is 1. The molecule has 2 unspecified atom stereocenters. The summed E-state index contributed by atoms with van der Waals surface area (Å²) in [7, 11) is 0. The first-order valence-corrected chi connectivity index (χ1v) is 6.35. The zero-order valence-corrected chi connectivity index (χ0v) is 10.7. The number of rotatable bonds is 6. The van der Waals surface area contributed by atoms with Gasteiger partial charge >= 0.3 is 5.97 Å². The second-order valence-electron chi connectivity index (χ2n) is 4.69. The second kappa shape index (κ2) is 7.38. The number of nitriles is 2. The van der Waals surface area contributed by atoms with Crippen LogP contribution in [0.15, 0.2) is 0 Å². The molecule has 1 fully saturated rings. The third kappa shape index (κ3) is 4.26. The van der Waals surface area contributed by atoms with E-state index < -0.39 is 11.9 Å². The predicted molar refractivity (Wildman–Crippen MR) is 65.5 cm³/mol. The van der Waals surface area contributed by atoms with Crippen LogP contribution in [0.3, 0.4) is 0 Å². The summed E-state index contributed by atoms with van der Waals surface area (Å²) in [6, 6.07) is 3.95. The molecular formula is C13H17N3O3. The van der Waals surface area contributed by atoms with E-state index in [4.69, 9.17) is 15.6 Å². The van der Waals surface area contributed by atoms with Crippen LogP contribution < -0.4 is 0 Å². The molecule has 6 nitrogen and oxygen atoms in total. The molecule has 1 aliphatic rings. The van der Waals surface area contributed by atoms with Crippen LogP contribution in [0.4, 0.5) is 0 Å². The number of hydrogen-bond donors (Lipinski definition) is 1. The summed E-state index contributed by atoms with van der Waals surface area (Å²) in [4.78, 5) is 24.6. The predicted octanol–water partition coefficient (Wildman–Crippen LogP) is 1.14. The molecule has 0 aromatic carbocycles. The Hall–Kier alpha value is -2.08. The van der Waals surface area contributed by atoms with E-state index in [9.17, 15) is 9.59 Å². The molecule has 0 spiro atoms. The SMILES string of the molecule is N#CCCN(CCC#N)C(=O)C1CCC(C(=O)O)C1. The molecule has 0 aliphatic heterocycles. The summed E-state index contributed by atoms with van der Waals surface area (Å²) in [5, 5.41) is 26.1. The summed E-state index contributed by atoms with van der Waals surface area (Å²) in [6.45, 7) is 0.622. The Morgan fingerprint density at radius 1 is 1.11 bits per heavy atom. The number of carboxylic acids is 1. The Labute approximate surface area is 112 Å². The highest BCUT2D eigenvalue weighted by Gasteiger charge is 2.35. The van der Waals surface area contributed by atoms with E-state index >= 15 is 0 Å². The highest BCUT2D eigenvalue weighted by Crippen LogP contribution is 2.32. The fourth-order valence-electron chi connectivity index (χ4n) is 2.39. The van der Waals surface area contributed by atoms with E-state index in [1.54, 1.807) is 0 Å². The van der Waals surface area contributed by atoms with Crippen molar-refractivity contribution in [1.82, 2.24) is 4.90 Å². The third-order valence-corrected chi connectivity index (χ3v) is 3.43. The molecule has 1 N–H and O–H groups in total. The molecule has 0 heterocycles. The fourth-order valence-corrected chi connectivity index (χ4v) is 2.39. The highest BCUT2D eigenvalue weighted by molar-refractivity contribution is 5.81. The summed E-state index contributed by atoms with van der Waals surface area (Å²) >= 11 is 0. The van der Waals surface area contributed by atoms with Gasteiger partial charge in [0.15, 0.2) is 0 Å². The number of amides is 1. The van der Waals surface area contributed by atoms with Crippen LogP contribution in [0, 0.1) is 34.5 Å². The molecule has 0 bridgehead atoms. The maximum Gasteiger partial charge on any atom is 0.306 e. The topological polar surface area (TPSA) is 105 Å². The first-order valence-electron chi connectivity index (χ1n) is 6.35. The van der Waals surface area contributed by atoms with Crippen LogP contribution in [0.25, 0.3) is 0 Å². The summed E-state index contributed by atoms with van der Waals surface area (Å²) < 4.78 is 0. The van der Waals surface area contributed by atoms with Gasteiger partial charge in [-0.25, -0.2) is 0 Å². The monoisotopic (exact) mass is 263 g/mol. The van der Waals surface area contributed by atoms with E-state index in [0.717, 1.165) is 0 Å². The van der Waals surface area contributed by atoms with Crippen molar-refractivity contribution < 1.29 is 14.7 Å². The summed E-state index contributed by atoms with van der Waals surface area (Å²) in [5.74, 6) is -1.69. The zero-order valence-electron chi connectivity index (χ0n) is 10.7. The zero-order chi connectivity index (χ0) is 14.3. The molecule has 0 saturated heterocycles. The van der Waals surface area contributed by atoms with Crippen molar-refractivity contribution in [2.24, 2.45) is 11.8 Å². The van der Waals surface area contributed by atoms with Gasteiger partial charge in [-0.05, 0) is 19.3 Å². The van der Waals surface area contributed by atoms with Gasteiger partial charge in [-0.15, -0.1) is 0 Å². The molecule has 1 rings (SSSR count). The van der Waals surface area contributed by atoms with Gasteiger partial charge in [-0.1, -0.05) is 0 Å². The number of carbonyl (C=O) groups is 2. The van der Waals surface area contributed by atoms with E-state index in [1.165, 1.54) is 4.90 Å².